The van der Waals surface area contributed by atoms with Gasteiger partial charge in [0, 0.05) is 6.20 Å². The summed E-state index contributed by atoms with van der Waals surface area (Å²) < 4.78 is 5.71. The van der Waals surface area contributed by atoms with Crippen LogP contribution in [0.2, 0.25) is 5.02 Å². The van der Waals surface area contributed by atoms with Gasteiger partial charge in [-0.25, -0.2) is 9.78 Å². The molecule has 2 rings (SSSR count). The highest BCUT2D eigenvalue weighted by molar-refractivity contribution is 6.32. The maximum absolute atomic E-state index is 11.0. The zero-order valence-electron chi connectivity index (χ0n) is 11.8. The summed E-state index contributed by atoms with van der Waals surface area (Å²) in [6.07, 6.45) is 2.45. The van der Waals surface area contributed by atoms with Crippen LogP contribution in [0, 0.1) is 0 Å². The van der Waals surface area contributed by atoms with Crippen LogP contribution in [0.5, 0.6) is 5.75 Å². The van der Waals surface area contributed by atoms with E-state index in [1.807, 2.05) is 19.9 Å². The summed E-state index contributed by atoms with van der Waals surface area (Å²) in [5.74, 6) is -0.429. The number of carbonyl (C=O) groups is 1. The maximum Gasteiger partial charge on any atom is 0.354 e. The van der Waals surface area contributed by atoms with Crippen LogP contribution in [0.1, 0.15) is 30.8 Å². The molecule has 1 unspecified atom stereocenters. The topological polar surface area (TPSA) is 59.4 Å². The molecule has 1 atom stereocenters. The van der Waals surface area contributed by atoms with Gasteiger partial charge in [0.2, 0.25) is 0 Å². The number of rotatable bonds is 5. The van der Waals surface area contributed by atoms with Crippen molar-refractivity contribution in [2.75, 3.05) is 0 Å². The SMILES string of the molecule is CCC(C)Oc1ccc(-c2ccnc(C(=O)O)c2)cc1Cl. The van der Waals surface area contributed by atoms with Crippen LogP contribution in [-0.2, 0) is 0 Å². The Bertz CT molecular complexity index is 658. The lowest BCUT2D eigenvalue weighted by molar-refractivity contribution is 0.0690. The molecule has 0 radical (unpaired) electrons. The zero-order valence-corrected chi connectivity index (χ0v) is 12.6. The van der Waals surface area contributed by atoms with E-state index in [0.29, 0.717) is 10.8 Å². The average Bonchev–Trinajstić information content (AvgIpc) is 2.49. The van der Waals surface area contributed by atoms with Gasteiger partial charge in [0.15, 0.2) is 0 Å². The largest absolute Gasteiger partial charge is 0.489 e. The first kappa shape index (κ1) is 15.3. The minimum Gasteiger partial charge on any atom is -0.489 e. The molecule has 0 fully saturated rings. The Hall–Kier alpha value is -2.07. The van der Waals surface area contributed by atoms with E-state index < -0.39 is 5.97 Å². The van der Waals surface area contributed by atoms with Crippen LogP contribution in [0.4, 0.5) is 0 Å². The normalized spacial score (nSPS) is 12.0. The van der Waals surface area contributed by atoms with Gasteiger partial charge in [-0.1, -0.05) is 24.6 Å². The molecular weight excluding hydrogens is 290 g/mol. The number of aromatic carboxylic acids is 1. The fourth-order valence-corrected chi connectivity index (χ4v) is 2.03. The van der Waals surface area contributed by atoms with Crippen molar-refractivity contribution in [3.05, 3.63) is 47.2 Å². The Labute approximate surface area is 128 Å². The third-order valence-corrected chi connectivity index (χ3v) is 3.44. The molecule has 0 spiro atoms. The second-order valence-electron chi connectivity index (χ2n) is 4.72. The van der Waals surface area contributed by atoms with Crippen LogP contribution in [-0.4, -0.2) is 22.2 Å². The number of benzene rings is 1. The van der Waals surface area contributed by atoms with Gasteiger partial charge in [0.25, 0.3) is 0 Å². The fourth-order valence-electron chi connectivity index (χ4n) is 1.80. The molecule has 2 aromatic rings. The van der Waals surface area contributed by atoms with Crippen molar-refractivity contribution in [1.29, 1.82) is 0 Å². The number of halogens is 1. The van der Waals surface area contributed by atoms with E-state index in [1.54, 1.807) is 18.2 Å². The summed E-state index contributed by atoms with van der Waals surface area (Å²) in [5, 5.41) is 9.47. The number of hydrogen-bond acceptors (Lipinski definition) is 3. The highest BCUT2D eigenvalue weighted by Crippen LogP contribution is 2.31. The first-order valence-corrected chi connectivity index (χ1v) is 7.05. The highest BCUT2D eigenvalue weighted by atomic mass is 35.5. The molecule has 110 valence electrons. The van der Waals surface area contributed by atoms with Crippen molar-refractivity contribution >= 4 is 17.6 Å². The molecule has 0 aliphatic heterocycles. The molecule has 21 heavy (non-hydrogen) atoms. The standard InChI is InChI=1S/C16H16ClNO3/c1-3-10(2)21-15-5-4-11(8-13(15)17)12-6-7-18-14(9-12)16(19)20/h4-10H,3H2,1-2H3,(H,19,20). The van der Waals surface area contributed by atoms with Crippen LogP contribution in [0.25, 0.3) is 11.1 Å². The van der Waals surface area contributed by atoms with Crippen molar-refractivity contribution in [2.24, 2.45) is 0 Å². The smallest absolute Gasteiger partial charge is 0.354 e. The van der Waals surface area contributed by atoms with Gasteiger partial charge < -0.3 is 9.84 Å². The van der Waals surface area contributed by atoms with Gasteiger partial charge in [0.05, 0.1) is 11.1 Å². The summed E-state index contributed by atoms with van der Waals surface area (Å²) in [5.41, 5.74) is 1.57. The predicted octanol–water partition coefficient (Wildman–Crippen LogP) is 4.28. The first-order valence-electron chi connectivity index (χ1n) is 6.67. The summed E-state index contributed by atoms with van der Waals surface area (Å²) >= 11 is 6.23. The van der Waals surface area contributed by atoms with Crippen LogP contribution >= 0.6 is 11.6 Å². The summed E-state index contributed by atoms with van der Waals surface area (Å²) in [7, 11) is 0. The Morgan fingerprint density at radius 1 is 1.33 bits per heavy atom. The average molecular weight is 306 g/mol. The van der Waals surface area contributed by atoms with Crippen LogP contribution < -0.4 is 4.74 Å². The van der Waals surface area contributed by atoms with Crippen molar-refractivity contribution in [3.8, 4) is 16.9 Å². The summed E-state index contributed by atoms with van der Waals surface area (Å²) in [6, 6.07) is 8.67. The molecular formula is C16H16ClNO3. The van der Waals surface area contributed by atoms with E-state index in [4.69, 9.17) is 21.4 Å². The zero-order chi connectivity index (χ0) is 15.4. The molecule has 4 nitrogen and oxygen atoms in total. The maximum atomic E-state index is 11.0. The van der Waals surface area contributed by atoms with Crippen molar-refractivity contribution in [2.45, 2.75) is 26.4 Å². The molecule has 1 heterocycles. The fraction of sp³-hybridized carbons (Fsp3) is 0.250. The number of pyridine rings is 1. The molecule has 5 heteroatoms. The lowest BCUT2D eigenvalue weighted by Gasteiger charge is -2.14. The molecule has 0 saturated carbocycles. The summed E-state index contributed by atoms with van der Waals surface area (Å²) in [4.78, 5) is 14.7. The number of carboxylic acid groups (broad SMARTS) is 1. The number of aromatic nitrogens is 1. The van der Waals surface area contributed by atoms with Crippen molar-refractivity contribution in [1.82, 2.24) is 4.98 Å². The number of ether oxygens (including phenoxy) is 1. The van der Waals surface area contributed by atoms with E-state index in [0.717, 1.165) is 17.5 Å². The molecule has 1 aromatic carbocycles. The lowest BCUT2D eigenvalue weighted by Crippen LogP contribution is -2.09. The van der Waals surface area contributed by atoms with Gasteiger partial charge in [0.1, 0.15) is 11.4 Å². The monoisotopic (exact) mass is 305 g/mol. The third-order valence-electron chi connectivity index (χ3n) is 3.15. The van der Waals surface area contributed by atoms with Crippen molar-refractivity contribution in [3.63, 3.8) is 0 Å². The van der Waals surface area contributed by atoms with E-state index in [9.17, 15) is 4.79 Å². The van der Waals surface area contributed by atoms with Gasteiger partial charge in [-0.15, -0.1) is 0 Å². The third kappa shape index (κ3) is 3.73. The van der Waals surface area contributed by atoms with Crippen LogP contribution in [0.15, 0.2) is 36.5 Å². The van der Waals surface area contributed by atoms with Gasteiger partial charge in [-0.05, 0) is 48.7 Å². The molecule has 1 N–H and O–H groups in total. The Morgan fingerprint density at radius 3 is 2.67 bits per heavy atom. The molecule has 0 amide bonds. The predicted molar refractivity (Wildman–Crippen MR) is 82.0 cm³/mol. The number of carboxylic acids is 1. The second kappa shape index (κ2) is 6.59. The molecule has 0 bridgehead atoms. The van der Waals surface area contributed by atoms with E-state index in [2.05, 4.69) is 4.98 Å². The first-order chi connectivity index (χ1) is 10.0. The molecule has 0 saturated heterocycles. The molecule has 1 aromatic heterocycles. The molecule has 0 aliphatic rings. The van der Waals surface area contributed by atoms with Crippen molar-refractivity contribution < 1.29 is 14.6 Å². The quantitative estimate of drug-likeness (QED) is 0.895. The van der Waals surface area contributed by atoms with Gasteiger partial charge in [-0.3, -0.25) is 0 Å². The minimum absolute atomic E-state index is 0.00329. The number of nitrogens with zero attached hydrogens (tertiary/aromatic N) is 1. The highest BCUT2D eigenvalue weighted by Gasteiger charge is 2.10. The van der Waals surface area contributed by atoms with E-state index >= 15 is 0 Å². The summed E-state index contributed by atoms with van der Waals surface area (Å²) in [6.45, 7) is 4.02. The Kier molecular flexibility index (Phi) is 4.81. The van der Waals surface area contributed by atoms with E-state index in [-0.39, 0.29) is 11.8 Å². The minimum atomic E-state index is -1.06. The lowest BCUT2D eigenvalue weighted by atomic mass is 10.1. The second-order valence-corrected chi connectivity index (χ2v) is 5.12. The Morgan fingerprint density at radius 2 is 2.05 bits per heavy atom. The molecule has 0 aliphatic carbocycles. The Balaban J connectivity index is 2.31. The number of hydrogen-bond donors (Lipinski definition) is 1. The van der Waals surface area contributed by atoms with Gasteiger partial charge in [-0.2, -0.15) is 0 Å². The van der Waals surface area contributed by atoms with E-state index in [1.165, 1.54) is 12.3 Å². The van der Waals surface area contributed by atoms with Gasteiger partial charge >= 0.3 is 5.97 Å². The van der Waals surface area contributed by atoms with Crippen LogP contribution in [0.3, 0.4) is 0 Å².